The Morgan fingerprint density at radius 3 is 2.43 bits per heavy atom. The summed E-state index contributed by atoms with van der Waals surface area (Å²) in [6.45, 7) is 1.82. The van der Waals surface area contributed by atoms with Gasteiger partial charge in [0, 0.05) is 18.8 Å². The summed E-state index contributed by atoms with van der Waals surface area (Å²) in [5.74, 6) is 0. The average Bonchev–Trinajstić information content (AvgIpc) is 2.30. The van der Waals surface area contributed by atoms with Crippen LogP contribution in [0.4, 0.5) is 0 Å². The summed E-state index contributed by atoms with van der Waals surface area (Å²) in [6, 6.07) is 12.1. The van der Waals surface area contributed by atoms with Gasteiger partial charge in [-0.05, 0) is 16.8 Å². The fourth-order valence-electron chi connectivity index (χ4n) is 1.03. The number of rotatable bonds is 0. The molecule has 14 heavy (non-hydrogen) atoms. The van der Waals surface area contributed by atoms with Crippen LogP contribution in [0.3, 0.4) is 0 Å². The number of nitriles is 1. The van der Waals surface area contributed by atoms with Gasteiger partial charge < -0.3 is 0 Å². The van der Waals surface area contributed by atoms with Crippen LogP contribution < -0.4 is 0 Å². The minimum Gasteiger partial charge on any atom is -0.264 e. The zero-order chi connectivity index (χ0) is 10.2. The van der Waals surface area contributed by atoms with E-state index in [0.29, 0.717) is 6.42 Å². The number of hydrogen-bond donors (Lipinski definition) is 0. The summed E-state index contributed by atoms with van der Waals surface area (Å²) in [6.07, 6.45) is 4.30. The van der Waals surface area contributed by atoms with Gasteiger partial charge in [0.1, 0.15) is 0 Å². The molecule has 70 valence electrons. The summed E-state index contributed by atoms with van der Waals surface area (Å²) < 4.78 is 0. The molecular formula is C12H12N2. The van der Waals surface area contributed by atoms with Crippen molar-refractivity contribution in [3.63, 3.8) is 0 Å². The second kappa shape index (κ2) is 5.71. The monoisotopic (exact) mass is 184 g/mol. The van der Waals surface area contributed by atoms with Crippen molar-refractivity contribution in [3.05, 3.63) is 42.7 Å². The van der Waals surface area contributed by atoms with Crippen LogP contribution in [0.15, 0.2) is 42.7 Å². The van der Waals surface area contributed by atoms with E-state index in [1.54, 1.807) is 0 Å². The van der Waals surface area contributed by atoms with E-state index in [2.05, 4.69) is 17.1 Å². The van der Waals surface area contributed by atoms with Gasteiger partial charge in [-0.25, -0.2) is 0 Å². The Labute approximate surface area is 83.8 Å². The maximum absolute atomic E-state index is 7.62. The highest BCUT2D eigenvalue weighted by atomic mass is 14.6. The Kier molecular flexibility index (Phi) is 4.16. The zero-order valence-corrected chi connectivity index (χ0v) is 8.14. The largest absolute Gasteiger partial charge is 0.264 e. The van der Waals surface area contributed by atoms with Crippen LogP contribution in [0.1, 0.15) is 13.3 Å². The first-order chi connectivity index (χ1) is 6.88. The lowest BCUT2D eigenvalue weighted by atomic mass is 10.2. The predicted molar refractivity (Wildman–Crippen MR) is 57.6 cm³/mol. The summed E-state index contributed by atoms with van der Waals surface area (Å²) in [5, 5.41) is 10.1. The smallest absolute Gasteiger partial charge is 0.0618 e. The molecule has 2 aromatic rings. The molecule has 0 fully saturated rings. The molecule has 0 bridgehead atoms. The van der Waals surface area contributed by atoms with Crippen molar-refractivity contribution in [2.45, 2.75) is 13.3 Å². The van der Waals surface area contributed by atoms with Crippen LogP contribution in [0.25, 0.3) is 10.8 Å². The molecule has 0 saturated heterocycles. The van der Waals surface area contributed by atoms with E-state index in [-0.39, 0.29) is 0 Å². The first kappa shape index (κ1) is 10.2. The van der Waals surface area contributed by atoms with E-state index in [0.717, 1.165) is 0 Å². The number of nitrogens with zero attached hydrogens (tertiary/aromatic N) is 2. The van der Waals surface area contributed by atoms with Gasteiger partial charge in [0.2, 0.25) is 0 Å². The molecule has 1 heterocycles. The lowest BCUT2D eigenvalue weighted by Gasteiger charge is -1.91. The molecule has 0 saturated carbocycles. The van der Waals surface area contributed by atoms with Crippen molar-refractivity contribution < 1.29 is 0 Å². The van der Waals surface area contributed by atoms with Crippen molar-refractivity contribution in [1.82, 2.24) is 4.98 Å². The highest BCUT2D eigenvalue weighted by Gasteiger charge is 1.86. The lowest BCUT2D eigenvalue weighted by molar-refractivity contribution is 1.22. The summed E-state index contributed by atoms with van der Waals surface area (Å²) in [4.78, 5) is 4.01. The summed E-state index contributed by atoms with van der Waals surface area (Å²) in [7, 11) is 0. The van der Waals surface area contributed by atoms with E-state index in [9.17, 15) is 0 Å². The minimum absolute atomic E-state index is 0.625. The van der Waals surface area contributed by atoms with Gasteiger partial charge in [-0.15, -0.1) is 0 Å². The van der Waals surface area contributed by atoms with Crippen molar-refractivity contribution in [2.24, 2.45) is 0 Å². The molecule has 0 aliphatic heterocycles. The molecule has 0 radical (unpaired) electrons. The van der Waals surface area contributed by atoms with Crippen molar-refractivity contribution in [1.29, 1.82) is 5.26 Å². The standard InChI is InChI=1S/C9H7N.C3H5N/c1-2-4-9-7-10-6-5-8(9)3-1;1-2-3-4/h1-7H;2H2,1H3. The SMILES string of the molecule is CCC#N.c1ccc2cnccc2c1. The molecule has 0 amide bonds. The predicted octanol–water partition coefficient (Wildman–Crippen LogP) is 3.15. The minimum atomic E-state index is 0.625. The van der Waals surface area contributed by atoms with Crippen LogP contribution in [0, 0.1) is 11.3 Å². The van der Waals surface area contributed by atoms with Gasteiger partial charge in [-0.1, -0.05) is 31.2 Å². The highest BCUT2D eigenvalue weighted by molar-refractivity contribution is 5.80. The number of benzene rings is 1. The third-order valence-corrected chi connectivity index (χ3v) is 1.71. The van der Waals surface area contributed by atoms with Gasteiger partial charge in [0.15, 0.2) is 0 Å². The van der Waals surface area contributed by atoms with Gasteiger partial charge in [0.25, 0.3) is 0 Å². The maximum atomic E-state index is 7.62. The number of hydrogen-bond acceptors (Lipinski definition) is 2. The van der Waals surface area contributed by atoms with E-state index in [1.165, 1.54) is 10.8 Å². The summed E-state index contributed by atoms with van der Waals surface area (Å²) in [5.41, 5.74) is 0. The number of aromatic nitrogens is 1. The first-order valence-electron chi connectivity index (χ1n) is 4.54. The van der Waals surface area contributed by atoms with Crippen LogP contribution in [-0.4, -0.2) is 4.98 Å². The summed E-state index contributed by atoms with van der Waals surface area (Å²) >= 11 is 0. The molecular weight excluding hydrogens is 172 g/mol. The Hall–Kier alpha value is -1.88. The van der Waals surface area contributed by atoms with Crippen LogP contribution in [0.2, 0.25) is 0 Å². The third kappa shape index (κ3) is 2.87. The van der Waals surface area contributed by atoms with E-state index in [4.69, 9.17) is 5.26 Å². The molecule has 2 nitrogen and oxygen atoms in total. The second-order valence-electron chi connectivity index (χ2n) is 2.73. The fraction of sp³-hybridized carbons (Fsp3) is 0.167. The third-order valence-electron chi connectivity index (χ3n) is 1.71. The molecule has 0 unspecified atom stereocenters. The molecule has 0 aliphatic rings. The Morgan fingerprint density at radius 1 is 1.21 bits per heavy atom. The fourth-order valence-corrected chi connectivity index (χ4v) is 1.03. The average molecular weight is 184 g/mol. The molecule has 0 aliphatic carbocycles. The Balaban J connectivity index is 0.000000213. The molecule has 2 rings (SSSR count). The van der Waals surface area contributed by atoms with Crippen molar-refractivity contribution >= 4 is 10.8 Å². The quantitative estimate of drug-likeness (QED) is 0.630. The normalized spacial score (nSPS) is 8.57. The topological polar surface area (TPSA) is 36.7 Å². The number of fused-ring (bicyclic) bond motifs is 1. The lowest BCUT2D eigenvalue weighted by Crippen LogP contribution is -1.71. The van der Waals surface area contributed by atoms with Crippen molar-refractivity contribution in [2.75, 3.05) is 0 Å². The van der Waals surface area contributed by atoms with Crippen LogP contribution >= 0.6 is 0 Å². The van der Waals surface area contributed by atoms with E-state index in [1.807, 2.05) is 43.6 Å². The first-order valence-corrected chi connectivity index (χ1v) is 4.54. The van der Waals surface area contributed by atoms with Gasteiger partial charge in [0.05, 0.1) is 6.07 Å². The van der Waals surface area contributed by atoms with E-state index < -0.39 is 0 Å². The molecule has 0 spiro atoms. The molecule has 1 aromatic heterocycles. The highest BCUT2D eigenvalue weighted by Crippen LogP contribution is 2.09. The molecule has 1 aromatic carbocycles. The Morgan fingerprint density at radius 2 is 1.86 bits per heavy atom. The molecule has 2 heteroatoms. The zero-order valence-electron chi connectivity index (χ0n) is 8.14. The number of pyridine rings is 1. The maximum Gasteiger partial charge on any atom is 0.0618 e. The van der Waals surface area contributed by atoms with Gasteiger partial charge in [-0.3, -0.25) is 4.98 Å². The Bertz CT molecular complexity index is 364. The molecule has 0 atom stereocenters. The van der Waals surface area contributed by atoms with Crippen LogP contribution in [-0.2, 0) is 0 Å². The van der Waals surface area contributed by atoms with Gasteiger partial charge >= 0.3 is 0 Å². The van der Waals surface area contributed by atoms with Crippen LogP contribution in [0.5, 0.6) is 0 Å². The molecule has 0 N–H and O–H groups in total. The second-order valence-corrected chi connectivity index (χ2v) is 2.73. The van der Waals surface area contributed by atoms with Crippen molar-refractivity contribution in [3.8, 4) is 6.07 Å². The van der Waals surface area contributed by atoms with Gasteiger partial charge in [-0.2, -0.15) is 5.26 Å². The van der Waals surface area contributed by atoms with E-state index >= 15 is 0 Å².